The van der Waals surface area contributed by atoms with E-state index in [4.69, 9.17) is 0 Å². The smallest absolute Gasteiger partial charge is 0.273 e. The van der Waals surface area contributed by atoms with Crippen molar-refractivity contribution >= 4 is 5.91 Å². The fourth-order valence-corrected chi connectivity index (χ4v) is 3.56. The molecule has 1 aromatic rings. The minimum absolute atomic E-state index is 0.0572. The van der Waals surface area contributed by atoms with Crippen LogP contribution in [0.3, 0.4) is 0 Å². The van der Waals surface area contributed by atoms with E-state index in [1.807, 2.05) is 10.9 Å². The van der Waals surface area contributed by atoms with Crippen LogP contribution in [-0.2, 0) is 0 Å². The van der Waals surface area contributed by atoms with Crippen LogP contribution < -0.4 is 10.6 Å². The highest BCUT2D eigenvalue weighted by Gasteiger charge is 2.29. The molecule has 1 amide bonds. The molecule has 2 N–H and O–H groups in total. The Morgan fingerprint density at radius 1 is 1.39 bits per heavy atom. The Bertz CT molecular complexity index is 505. The van der Waals surface area contributed by atoms with Gasteiger partial charge < -0.3 is 10.6 Å². The van der Waals surface area contributed by atoms with Gasteiger partial charge in [0.1, 0.15) is 0 Å². The van der Waals surface area contributed by atoms with E-state index in [0.717, 1.165) is 32.4 Å². The molecule has 1 saturated carbocycles. The van der Waals surface area contributed by atoms with Crippen LogP contribution in [0.1, 0.15) is 74.8 Å². The van der Waals surface area contributed by atoms with Crippen LogP contribution in [0.15, 0.2) is 6.20 Å². The van der Waals surface area contributed by atoms with Gasteiger partial charge in [-0.25, -0.2) is 4.68 Å². The Balaban J connectivity index is 1.59. The predicted octanol–water partition coefficient (Wildman–Crippen LogP) is 2.29. The highest BCUT2D eigenvalue weighted by Crippen LogP contribution is 2.31. The monoisotopic (exact) mass is 319 g/mol. The molecule has 2 aliphatic rings. The normalized spacial score (nSPS) is 20.9. The minimum atomic E-state index is -0.0572. The molecular weight excluding hydrogens is 290 g/mol. The maximum absolute atomic E-state index is 12.5. The first-order valence-electron chi connectivity index (χ1n) is 9.21. The van der Waals surface area contributed by atoms with Crippen molar-refractivity contribution in [1.29, 1.82) is 0 Å². The van der Waals surface area contributed by atoms with Crippen molar-refractivity contribution in [3.63, 3.8) is 0 Å². The zero-order valence-electron chi connectivity index (χ0n) is 14.1. The van der Waals surface area contributed by atoms with E-state index in [2.05, 4.69) is 27.9 Å². The topological polar surface area (TPSA) is 71.8 Å². The number of nitrogens with zero attached hydrogens (tertiary/aromatic N) is 3. The van der Waals surface area contributed by atoms with Crippen LogP contribution in [0.2, 0.25) is 0 Å². The van der Waals surface area contributed by atoms with Gasteiger partial charge in [0.05, 0.1) is 12.2 Å². The van der Waals surface area contributed by atoms with Crippen LogP contribution >= 0.6 is 0 Å². The molecule has 128 valence electrons. The second-order valence-electron chi connectivity index (χ2n) is 6.98. The highest BCUT2D eigenvalue weighted by molar-refractivity contribution is 5.92. The molecule has 1 saturated heterocycles. The van der Waals surface area contributed by atoms with E-state index in [1.54, 1.807) is 0 Å². The summed E-state index contributed by atoms with van der Waals surface area (Å²) in [5, 5.41) is 14.9. The summed E-state index contributed by atoms with van der Waals surface area (Å²) in [4.78, 5) is 12.5. The Labute approximate surface area is 138 Å². The lowest BCUT2D eigenvalue weighted by atomic mass is 9.78. The van der Waals surface area contributed by atoms with Gasteiger partial charge in [0.2, 0.25) is 0 Å². The summed E-state index contributed by atoms with van der Waals surface area (Å²) in [6.45, 7) is 4.21. The number of carbonyl (C=O) groups is 1. The fourth-order valence-electron chi connectivity index (χ4n) is 3.56. The van der Waals surface area contributed by atoms with Crippen molar-refractivity contribution in [3.8, 4) is 0 Å². The molecule has 0 bridgehead atoms. The molecule has 0 spiro atoms. The molecular formula is C17H29N5O. The summed E-state index contributed by atoms with van der Waals surface area (Å²) < 4.78 is 1.88. The lowest BCUT2D eigenvalue weighted by Gasteiger charge is -2.34. The van der Waals surface area contributed by atoms with Crippen LogP contribution in [0.4, 0.5) is 0 Å². The first-order valence-corrected chi connectivity index (χ1v) is 9.21. The number of aromatic nitrogens is 3. The number of piperidine rings is 1. The summed E-state index contributed by atoms with van der Waals surface area (Å²) in [5.74, 6) is 0.600. The summed E-state index contributed by atoms with van der Waals surface area (Å²) in [6, 6.07) is 0.674. The highest BCUT2D eigenvalue weighted by atomic mass is 16.2. The lowest BCUT2D eigenvalue weighted by molar-refractivity contribution is 0.0890. The molecule has 0 aromatic carbocycles. The molecule has 3 rings (SSSR count). The number of amides is 1. The van der Waals surface area contributed by atoms with Gasteiger partial charge in [0, 0.05) is 6.04 Å². The number of nitrogens with one attached hydrogen (secondary N) is 2. The van der Waals surface area contributed by atoms with Gasteiger partial charge in [-0.15, -0.1) is 5.10 Å². The second-order valence-corrected chi connectivity index (χ2v) is 6.98. The molecule has 1 unspecified atom stereocenters. The molecule has 2 fully saturated rings. The summed E-state index contributed by atoms with van der Waals surface area (Å²) >= 11 is 0. The van der Waals surface area contributed by atoms with Crippen molar-refractivity contribution < 1.29 is 4.79 Å². The molecule has 1 atom stereocenters. The van der Waals surface area contributed by atoms with E-state index in [-0.39, 0.29) is 5.91 Å². The summed E-state index contributed by atoms with van der Waals surface area (Å²) in [7, 11) is 0. The van der Waals surface area contributed by atoms with Crippen LogP contribution in [0.25, 0.3) is 0 Å². The molecule has 6 heteroatoms. The third-order valence-corrected chi connectivity index (χ3v) is 5.33. The van der Waals surface area contributed by atoms with Gasteiger partial charge in [-0.1, -0.05) is 31.4 Å². The average Bonchev–Trinajstić information content (AvgIpc) is 3.02. The first kappa shape index (κ1) is 16.4. The SMILES string of the molecule is CCCCC(NC(=O)c1cn(C2CCNCC2)nn1)C1CCC1. The van der Waals surface area contributed by atoms with Crippen LogP contribution in [-0.4, -0.2) is 40.0 Å². The zero-order valence-corrected chi connectivity index (χ0v) is 14.1. The van der Waals surface area contributed by atoms with Crippen molar-refractivity contribution in [2.45, 2.75) is 70.4 Å². The number of unbranched alkanes of at least 4 members (excludes halogenated alkanes) is 1. The third kappa shape index (κ3) is 4.10. The van der Waals surface area contributed by atoms with E-state index in [0.29, 0.717) is 23.7 Å². The first-order chi connectivity index (χ1) is 11.3. The minimum Gasteiger partial charge on any atom is -0.348 e. The quantitative estimate of drug-likeness (QED) is 0.809. The standard InChI is InChI=1S/C17H29N5O/c1-2-3-7-15(13-5-4-6-13)19-17(23)16-12-22(21-20-16)14-8-10-18-11-9-14/h12-15,18H,2-11H2,1H3,(H,19,23). The number of rotatable bonds is 7. The predicted molar refractivity (Wildman–Crippen MR) is 89.3 cm³/mol. The number of carbonyl (C=O) groups excluding carboxylic acids is 1. The maximum Gasteiger partial charge on any atom is 0.273 e. The maximum atomic E-state index is 12.5. The van der Waals surface area contributed by atoms with Crippen molar-refractivity contribution in [2.75, 3.05) is 13.1 Å². The van der Waals surface area contributed by atoms with E-state index >= 15 is 0 Å². The van der Waals surface area contributed by atoms with E-state index in [9.17, 15) is 4.79 Å². The van der Waals surface area contributed by atoms with E-state index < -0.39 is 0 Å². The summed E-state index contributed by atoms with van der Waals surface area (Å²) in [5.41, 5.74) is 0.462. The van der Waals surface area contributed by atoms with Crippen molar-refractivity contribution in [3.05, 3.63) is 11.9 Å². The largest absolute Gasteiger partial charge is 0.348 e. The Kier molecular flexibility index (Phi) is 5.65. The van der Waals surface area contributed by atoms with Crippen molar-refractivity contribution in [2.24, 2.45) is 5.92 Å². The van der Waals surface area contributed by atoms with Gasteiger partial charge in [0.25, 0.3) is 5.91 Å². The van der Waals surface area contributed by atoms with Gasteiger partial charge in [-0.05, 0) is 51.1 Å². The number of hydrogen-bond donors (Lipinski definition) is 2. The number of hydrogen-bond acceptors (Lipinski definition) is 4. The van der Waals surface area contributed by atoms with Crippen LogP contribution in [0.5, 0.6) is 0 Å². The summed E-state index contributed by atoms with van der Waals surface area (Å²) in [6.07, 6.45) is 11.1. The molecule has 23 heavy (non-hydrogen) atoms. The van der Waals surface area contributed by atoms with Crippen molar-refractivity contribution in [1.82, 2.24) is 25.6 Å². The molecule has 2 heterocycles. The molecule has 1 aliphatic heterocycles. The van der Waals surface area contributed by atoms with E-state index in [1.165, 1.54) is 32.1 Å². The third-order valence-electron chi connectivity index (χ3n) is 5.33. The second kappa shape index (κ2) is 7.90. The molecule has 6 nitrogen and oxygen atoms in total. The van der Waals surface area contributed by atoms with Gasteiger partial charge in [-0.3, -0.25) is 4.79 Å². The molecule has 1 aliphatic carbocycles. The Morgan fingerprint density at radius 3 is 2.83 bits per heavy atom. The lowest BCUT2D eigenvalue weighted by Crippen LogP contribution is -2.43. The fraction of sp³-hybridized carbons (Fsp3) is 0.824. The van der Waals surface area contributed by atoms with Gasteiger partial charge >= 0.3 is 0 Å². The zero-order chi connectivity index (χ0) is 16.1. The average molecular weight is 319 g/mol. The Hall–Kier alpha value is -1.43. The molecule has 0 radical (unpaired) electrons. The van der Waals surface area contributed by atoms with Gasteiger partial charge in [0.15, 0.2) is 5.69 Å². The van der Waals surface area contributed by atoms with Gasteiger partial charge in [-0.2, -0.15) is 0 Å². The molecule has 1 aromatic heterocycles. The van der Waals surface area contributed by atoms with Crippen LogP contribution in [0, 0.1) is 5.92 Å². The Morgan fingerprint density at radius 2 is 2.17 bits per heavy atom.